The third-order valence-corrected chi connectivity index (χ3v) is 5.73. The fourth-order valence-electron chi connectivity index (χ4n) is 3.21. The van der Waals surface area contributed by atoms with Crippen LogP contribution in [0.3, 0.4) is 0 Å². The molecule has 0 atom stereocenters. The van der Waals surface area contributed by atoms with E-state index >= 15 is 0 Å². The quantitative estimate of drug-likeness (QED) is 0.514. The molecule has 1 fully saturated rings. The van der Waals surface area contributed by atoms with Crippen LogP contribution in [0.5, 0.6) is 11.5 Å². The minimum absolute atomic E-state index is 0.161. The molecule has 1 heterocycles. The van der Waals surface area contributed by atoms with Crippen LogP contribution >= 0.6 is 0 Å². The van der Waals surface area contributed by atoms with E-state index in [1.807, 2.05) is 70.2 Å². The van der Waals surface area contributed by atoms with E-state index in [2.05, 4.69) is 0 Å². The number of esters is 1. The zero-order chi connectivity index (χ0) is 21.9. The smallest absolute Gasteiger partial charge is 0.497 e. The first-order valence-corrected chi connectivity index (χ1v) is 9.97. The van der Waals surface area contributed by atoms with Gasteiger partial charge in [0.2, 0.25) is 0 Å². The van der Waals surface area contributed by atoms with Gasteiger partial charge in [0.15, 0.2) is 0 Å². The minimum Gasteiger partial charge on any atom is -0.497 e. The van der Waals surface area contributed by atoms with Crippen molar-refractivity contribution in [2.24, 2.45) is 0 Å². The molecule has 1 aliphatic heterocycles. The van der Waals surface area contributed by atoms with Gasteiger partial charge in [0.1, 0.15) is 18.1 Å². The van der Waals surface area contributed by atoms with Crippen molar-refractivity contribution in [2.45, 2.75) is 51.9 Å². The number of carbonyl (C=O) groups excluding carboxylic acids is 1. The SMILES string of the molecule is COC(=O)Cc1ccccc1OCc1ccc(OC)c(B2OC(C)(C)C(C)(C)O2)c1. The number of para-hydroxylation sites is 1. The summed E-state index contributed by atoms with van der Waals surface area (Å²) >= 11 is 0. The van der Waals surface area contributed by atoms with Crippen LogP contribution in [-0.2, 0) is 31.9 Å². The van der Waals surface area contributed by atoms with E-state index < -0.39 is 18.3 Å². The van der Waals surface area contributed by atoms with E-state index in [9.17, 15) is 4.79 Å². The van der Waals surface area contributed by atoms with E-state index in [1.54, 1.807) is 7.11 Å². The number of benzene rings is 2. The van der Waals surface area contributed by atoms with Crippen molar-refractivity contribution >= 4 is 18.6 Å². The van der Waals surface area contributed by atoms with Gasteiger partial charge in [0.05, 0.1) is 31.8 Å². The number of hydrogen-bond acceptors (Lipinski definition) is 6. The van der Waals surface area contributed by atoms with Crippen LogP contribution in [0, 0.1) is 0 Å². The van der Waals surface area contributed by atoms with Gasteiger partial charge in [0, 0.05) is 11.0 Å². The van der Waals surface area contributed by atoms with Crippen LogP contribution < -0.4 is 14.9 Å². The maximum atomic E-state index is 11.7. The molecule has 0 N–H and O–H groups in total. The summed E-state index contributed by atoms with van der Waals surface area (Å²) in [5.41, 5.74) is 1.65. The summed E-state index contributed by atoms with van der Waals surface area (Å²) in [6.07, 6.45) is 0.161. The van der Waals surface area contributed by atoms with Gasteiger partial charge < -0.3 is 23.5 Å². The summed E-state index contributed by atoms with van der Waals surface area (Å²) in [6.45, 7) is 8.40. The van der Waals surface area contributed by atoms with E-state index in [4.69, 9.17) is 23.5 Å². The van der Waals surface area contributed by atoms with Crippen LogP contribution in [0.4, 0.5) is 0 Å². The normalized spacial score (nSPS) is 16.9. The van der Waals surface area contributed by atoms with Gasteiger partial charge in [0.25, 0.3) is 0 Å². The molecular weight excluding hydrogens is 383 g/mol. The molecule has 1 saturated heterocycles. The molecule has 7 heteroatoms. The summed E-state index contributed by atoms with van der Waals surface area (Å²) in [7, 11) is 2.47. The Morgan fingerprint density at radius 3 is 2.27 bits per heavy atom. The Bertz CT molecular complexity index is 892. The molecule has 1 aliphatic rings. The van der Waals surface area contributed by atoms with Crippen LogP contribution in [0.25, 0.3) is 0 Å². The molecule has 0 aromatic heterocycles. The molecule has 160 valence electrons. The average molecular weight is 412 g/mol. The molecule has 0 unspecified atom stereocenters. The summed E-state index contributed by atoms with van der Waals surface area (Å²) < 4.78 is 28.7. The van der Waals surface area contributed by atoms with Crippen LogP contribution in [0.2, 0.25) is 0 Å². The highest BCUT2D eigenvalue weighted by Gasteiger charge is 2.52. The van der Waals surface area contributed by atoms with Crippen LogP contribution in [0.15, 0.2) is 42.5 Å². The molecule has 0 aliphatic carbocycles. The molecule has 0 spiro atoms. The van der Waals surface area contributed by atoms with Gasteiger partial charge in [-0.05, 0) is 45.4 Å². The first-order chi connectivity index (χ1) is 14.2. The Hall–Kier alpha value is -2.51. The van der Waals surface area contributed by atoms with Gasteiger partial charge in [-0.15, -0.1) is 0 Å². The monoisotopic (exact) mass is 412 g/mol. The number of ether oxygens (including phenoxy) is 3. The topological polar surface area (TPSA) is 63.2 Å². The molecule has 2 aromatic rings. The highest BCUT2D eigenvalue weighted by Crippen LogP contribution is 2.37. The zero-order valence-electron chi connectivity index (χ0n) is 18.5. The highest BCUT2D eigenvalue weighted by atomic mass is 16.7. The number of methoxy groups -OCH3 is 2. The Kier molecular flexibility index (Phi) is 6.43. The Labute approximate surface area is 178 Å². The lowest BCUT2D eigenvalue weighted by atomic mass is 9.77. The largest absolute Gasteiger partial charge is 0.498 e. The van der Waals surface area contributed by atoms with Crippen molar-refractivity contribution in [3.63, 3.8) is 0 Å². The maximum absolute atomic E-state index is 11.7. The van der Waals surface area contributed by atoms with E-state index in [0.29, 0.717) is 18.1 Å². The lowest BCUT2D eigenvalue weighted by Gasteiger charge is -2.32. The molecule has 0 bridgehead atoms. The van der Waals surface area contributed by atoms with E-state index in [0.717, 1.165) is 16.6 Å². The number of carbonyl (C=O) groups is 1. The maximum Gasteiger partial charge on any atom is 0.498 e. The lowest BCUT2D eigenvalue weighted by molar-refractivity contribution is -0.139. The summed E-state index contributed by atoms with van der Waals surface area (Å²) in [4.78, 5) is 11.7. The van der Waals surface area contributed by atoms with Crippen LogP contribution in [-0.4, -0.2) is 38.5 Å². The minimum atomic E-state index is -0.531. The second-order valence-corrected chi connectivity index (χ2v) is 8.31. The first kappa shape index (κ1) is 22.2. The third-order valence-electron chi connectivity index (χ3n) is 5.73. The van der Waals surface area contributed by atoms with Gasteiger partial charge in [-0.25, -0.2) is 0 Å². The number of rotatable bonds is 7. The predicted octanol–water partition coefficient (Wildman–Crippen LogP) is 3.29. The standard InChI is InChI=1S/C23H29BO6/c1-22(2)23(3,4)30-24(29-22)18-13-16(11-12-20(18)26-5)15-28-19-10-8-7-9-17(19)14-21(25)27-6/h7-13H,14-15H2,1-6H3. The fourth-order valence-corrected chi connectivity index (χ4v) is 3.21. The highest BCUT2D eigenvalue weighted by molar-refractivity contribution is 6.63. The molecule has 0 radical (unpaired) electrons. The molecule has 6 nitrogen and oxygen atoms in total. The molecule has 30 heavy (non-hydrogen) atoms. The summed E-state index contributed by atoms with van der Waals surface area (Å²) in [5.74, 6) is 1.04. The van der Waals surface area contributed by atoms with Crippen molar-refractivity contribution in [1.29, 1.82) is 0 Å². The number of hydrogen-bond donors (Lipinski definition) is 0. The average Bonchev–Trinajstić information content (AvgIpc) is 2.94. The van der Waals surface area contributed by atoms with E-state index in [-0.39, 0.29) is 12.4 Å². The molecule has 2 aromatic carbocycles. The van der Waals surface area contributed by atoms with E-state index in [1.165, 1.54) is 7.11 Å². The second-order valence-electron chi connectivity index (χ2n) is 8.31. The van der Waals surface area contributed by atoms with Crippen molar-refractivity contribution in [1.82, 2.24) is 0 Å². The van der Waals surface area contributed by atoms with Gasteiger partial charge in [-0.3, -0.25) is 4.79 Å². The van der Waals surface area contributed by atoms with Crippen molar-refractivity contribution in [3.8, 4) is 11.5 Å². The predicted molar refractivity (Wildman–Crippen MR) is 115 cm³/mol. The molecule has 0 amide bonds. The molecule has 3 rings (SSSR count). The van der Waals surface area contributed by atoms with Crippen LogP contribution in [0.1, 0.15) is 38.8 Å². The van der Waals surface area contributed by atoms with Gasteiger partial charge in [-0.2, -0.15) is 0 Å². The molecule has 0 saturated carbocycles. The third kappa shape index (κ3) is 4.63. The Morgan fingerprint density at radius 1 is 0.967 bits per heavy atom. The zero-order valence-corrected chi connectivity index (χ0v) is 18.5. The Morgan fingerprint density at radius 2 is 1.63 bits per heavy atom. The summed E-state index contributed by atoms with van der Waals surface area (Å²) in [6, 6.07) is 13.3. The van der Waals surface area contributed by atoms with Crippen molar-refractivity contribution in [3.05, 3.63) is 53.6 Å². The lowest BCUT2D eigenvalue weighted by Crippen LogP contribution is -2.41. The molecular formula is C23H29BO6. The second kappa shape index (κ2) is 8.70. The first-order valence-electron chi connectivity index (χ1n) is 9.97. The van der Waals surface area contributed by atoms with Gasteiger partial charge in [-0.1, -0.05) is 30.3 Å². The Balaban J connectivity index is 1.80. The fraction of sp³-hybridized carbons (Fsp3) is 0.435. The van der Waals surface area contributed by atoms with Crippen molar-refractivity contribution in [2.75, 3.05) is 14.2 Å². The van der Waals surface area contributed by atoms with Crippen molar-refractivity contribution < 1.29 is 28.3 Å². The van der Waals surface area contributed by atoms with Gasteiger partial charge >= 0.3 is 13.1 Å². The summed E-state index contributed by atoms with van der Waals surface area (Å²) in [5, 5.41) is 0.